The maximum absolute atomic E-state index is 11.8. The van der Waals surface area contributed by atoms with E-state index in [0.29, 0.717) is 5.92 Å². The molecule has 1 N–H and O–H groups in total. The molecule has 1 saturated heterocycles. The van der Waals surface area contributed by atoms with E-state index < -0.39 is 0 Å². The number of hydrogen-bond acceptors (Lipinski definition) is 3. The van der Waals surface area contributed by atoms with E-state index in [-0.39, 0.29) is 11.9 Å². The summed E-state index contributed by atoms with van der Waals surface area (Å²) in [6.45, 7) is 3.73. The van der Waals surface area contributed by atoms with Crippen molar-refractivity contribution < 1.29 is 9.53 Å². The zero-order chi connectivity index (χ0) is 11.4. The molecule has 0 radical (unpaired) electrons. The Labute approximate surface area is 99.8 Å². The Morgan fingerprint density at radius 3 is 2.94 bits per heavy atom. The van der Waals surface area contributed by atoms with E-state index in [1.165, 1.54) is 11.3 Å². The minimum atomic E-state index is 0.0500. The Bertz CT molecular complexity index is 331. The van der Waals surface area contributed by atoms with Crippen molar-refractivity contribution in [2.75, 3.05) is 13.2 Å². The first-order valence-electron chi connectivity index (χ1n) is 5.69. The summed E-state index contributed by atoms with van der Waals surface area (Å²) >= 11 is 1.48. The van der Waals surface area contributed by atoms with Crippen molar-refractivity contribution >= 4 is 17.2 Å². The molecule has 1 amide bonds. The number of hydrogen-bond donors (Lipinski definition) is 1. The summed E-state index contributed by atoms with van der Waals surface area (Å²) in [5, 5.41) is 4.99. The van der Waals surface area contributed by atoms with Gasteiger partial charge in [-0.15, -0.1) is 11.3 Å². The van der Waals surface area contributed by atoms with Crippen molar-refractivity contribution in [3.63, 3.8) is 0 Å². The lowest BCUT2D eigenvalue weighted by atomic mass is 9.93. The third kappa shape index (κ3) is 2.83. The molecule has 1 aliphatic heterocycles. The summed E-state index contributed by atoms with van der Waals surface area (Å²) in [6, 6.07) is 3.99. The second-order valence-corrected chi connectivity index (χ2v) is 5.14. The van der Waals surface area contributed by atoms with Crippen LogP contribution in [0.1, 0.15) is 29.4 Å². The molecule has 2 heterocycles. The van der Waals surface area contributed by atoms with Crippen LogP contribution in [-0.4, -0.2) is 25.2 Å². The Kier molecular flexibility index (Phi) is 3.96. The number of carbonyl (C=O) groups is 1. The Morgan fingerprint density at radius 2 is 2.31 bits per heavy atom. The van der Waals surface area contributed by atoms with Crippen LogP contribution in [0.4, 0.5) is 0 Å². The SMILES string of the molecule is CC(NC(=O)c1cccs1)C1CCOCC1. The lowest BCUT2D eigenvalue weighted by Gasteiger charge is -2.28. The van der Waals surface area contributed by atoms with Gasteiger partial charge in [0.1, 0.15) is 0 Å². The molecule has 16 heavy (non-hydrogen) atoms. The Hall–Kier alpha value is -0.870. The third-order valence-electron chi connectivity index (χ3n) is 3.08. The average Bonchev–Trinajstić information content (AvgIpc) is 2.83. The standard InChI is InChI=1S/C12H17NO2S/c1-9(10-4-6-15-7-5-10)13-12(14)11-3-2-8-16-11/h2-3,8-10H,4-7H2,1H3,(H,13,14). The Balaban J connectivity index is 1.86. The molecule has 4 heteroatoms. The largest absolute Gasteiger partial charge is 0.381 e. The molecule has 1 unspecified atom stereocenters. The summed E-state index contributed by atoms with van der Waals surface area (Å²) in [4.78, 5) is 12.6. The van der Waals surface area contributed by atoms with Gasteiger partial charge in [0.05, 0.1) is 4.88 Å². The van der Waals surface area contributed by atoms with Crippen LogP contribution in [0.25, 0.3) is 0 Å². The molecule has 88 valence electrons. The number of carbonyl (C=O) groups excluding carboxylic acids is 1. The first kappa shape index (κ1) is 11.6. The maximum atomic E-state index is 11.8. The molecule has 1 aliphatic rings. The van der Waals surface area contributed by atoms with E-state index in [9.17, 15) is 4.79 Å². The molecular formula is C12H17NO2S. The van der Waals surface area contributed by atoms with Gasteiger partial charge < -0.3 is 10.1 Å². The van der Waals surface area contributed by atoms with E-state index in [1.807, 2.05) is 17.5 Å². The van der Waals surface area contributed by atoms with E-state index in [4.69, 9.17) is 4.74 Å². The molecule has 0 bridgehead atoms. The zero-order valence-corrected chi connectivity index (χ0v) is 10.3. The molecule has 1 aromatic rings. The highest BCUT2D eigenvalue weighted by Gasteiger charge is 2.22. The van der Waals surface area contributed by atoms with Gasteiger partial charge >= 0.3 is 0 Å². The van der Waals surface area contributed by atoms with E-state index in [2.05, 4.69) is 12.2 Å². The molecule has 1 atom stereocenters. The maximum Gasteiger partial charge on any atom is 0.261 e. The van der Waals surface area contributed by atoms with E-state index in [1.54, 1.807) is 0 Å². The van der Waals surface area contributed by atoms with Crippen molar-refractivity contribution in [3.05, 3.63) is 22.4 Å². The number of rotatable bonds is 3. The fourth-order valence-corrected chi connectivity index (χ4v) is 2.65. The van der Waals surface area contributed by atoms with Gasteiger partial charge in [-0.25, -0.2) is 0 Å². The highest BCUT2D eigenvalue weighted by Crippen LogP contribution is 2.19. The van der Waals surface area contributed by atoms with Gasteiger partial charge in [0.15, 0.2) is 0 Å². The first-order chi connectivity index (χ1) is 7.77. The number of ether oxygens (including phenoxy) is 1. The molecule has 0 spiro atoms. The Morgan fingerprint density at radius 1 is 1.56 bits per heavy atom. The normalized spacial score (nSPS) is 19.3. The van der Waals surface area contributed by atoms with Crippen molar-refractivity contribution in [2.45, 2.75) is 25.8 Å². The predicted octanol–water partition coefficient (Wildman–Crippen LogP) is 2.29. The van der Waals surface area contributed by atoms with Crippen LogP contribution in [0, 0.1) is 5.92 Å². The highest BCUT2D eigenvalue weighted by molar-refractivity contribution is 7.12. The quantitative estimate of drug-likeness (QED) is 0.879. The summed E-state index contributed by atoms with van der Waals surface area (Å²) in [7, 11) is 0. The number of nitrogens with one attached hydrogen (secondary N) is 1. The molecule has 0 aromatic carbocycles. The molecule has 1 aromatic heterocycles. The monoisotopic (exact) mass is 239 g/mol. The van der Waals surface area contributed by atoms with Gasteiger partial charge in [0.2, 0.25) is 0 Å². The molecule has 3 nitrogen and oxygen atoms in total. The first-order valence-corrected chi connectivity index (χ1v) is 6.57. The van der Waals surface area contributed by atoms with Crippen molar-refractivity contribution in [3.8, 4) is 0 Å². The van der Waals surface area contributed by atoms with Gasteiger partial charge in [-0.2, -0.15) is 0 Å². The lowest BCUT2D eigenvalue weighted by molar-refractivity contribution is 0.0539. The average molecular weight is 239 g/mol. The molecule has 1 fully saturated rings. The van der Waals surface area contributed by atoms with Gasteiger partial charge in [-0.05, 0) is 37.1 Å². The van der Waals surface area contributed by atoms with Gasteiger partial charge in [-0.3, -0.25) is 4.79 Å². The summed E-state index contributed by atoms with van der Waals surface area (Å²) in [5.41, 5.74) is 0. The lowest BCUT2D eigenvalue weighted by Crippen LogP contribution is -2.40. The summed E-state index contributed by atoms with van der Waals surface area (Å²) < 4.78 is 5.32. The highest BCUT2D eigenvalue weighted by atomic mass is 32.1. The molecule has 2 rings (SSSR count). The number of amides is 1. The van der Waals surface area contributed by atoms with Crippen LogP contribution >= 0.6 is 11.3 Å². The summed E-state index contributed by atoms with van der Waals surface area (Å²) in [6.07, 6.45) is 2.10. The topological polar surface area (TPSA) is 38.3 Å². The third-order valence-corrected chi connectivity index (χ3v) is 3.95. The van der Waals surface area contributed by atoms with E-state index >= 15 is 0 Å². The van der Waals surface area contributed by atoms with E-state index in [0.717, 1.165) is 30.9 Å². The smallest absolute Gasteiger partial charge is 0.261 e. The zero-order valence-electron chi connectivity index (χ0n) is 9.44. The van der Waals surface area contributed by atoms with Crippen LogP contribution in [0.15, 0.2) is 17.5 Å². The molecular weight excluding hydrogens is 222 g/mol. The van der Waals surface area contributed by atoms with Gasteiger partial charge in [0.25, 0.3) is 5.91 Å². The second kappa shape index (κ2) is 5.46. The minimum absolute atomic E-state index is 0.0500. The van der Waals surface area contributed by atoms with Gasteiger partial charge in [0, 0.05) is 19.3 Å². The van der Waals surface area contributed by atoms with Crippen LogP contribution < -0.4 is 5.32 Å². The number of thiophene rings is 1. The van der Waals surface area contributed by atoms with Crippen LogP contribution in [0.5, 0.6) is 0 Å². The fourth-order valence-electron chi connectivity index (χ4n) is 2.02. The predicted molar refractivity (Wildman–Crippen MR) is 64.8 cm³/mol. The minimum Gasteiger partial charge on any atom is -0.381 e. The van der Waals surface area contributed by atoms with Crippen LogP contribution in [0.3, 0.4) is 0 Å². The summed E-state index contributed by atoms with van der Waals surface area (Å²) in [5.74, 6) is 0.603. The van der Waals surface area contributed by atoms with Crippen molar-refractivity contribution in [2.24, 2.45) is 5.92 Å². The molecule has 0 aliphatic carbocycles. The fraction of sp³-hybridized carbons (Fsp3) is 0.583. The van der Waals surface area contributed by atoms with Crippen LogP contribution in [-0.2, 0) is 4.74 Å². The van der Waals surface area contributed by atoms with Gasteiger partial charge in [-0.1, -0.05) is 6.07 Å². The van der Waals surface area contributed by atoms with Crippen LogP contribution in [0.2, 0.25) is 0 Å². The second-order valence-electron chi connectivity index (χ2n) is 4.19. The van der Waals surface area contributed by atoms with Crippen molar-refractivity contribution in [1.82, 2.24) is 5.32 Å². The molecule has 0 saturated carbocycles. The van der Waals surface area contributed by atoms with Crippen molar-refractivity contribution in [1.29, 1.82) is 0 Å².